The summed E-state index contributed by atoms with van der Waals surface area (Å²) in [6.45, 7) is 3.49. The Kier molecular flexibility index (Phi) is 10.7. The number of benzene rings is 1. The first-order chi connectivity index (χ1) is 17.3. The number of aliphatic hydroxyl groups is 2. The number of halogens is 1. The standard InChI is InChI=1S/C22H32FN4O9P/c1-14(2)34-20(30)15(3)26-37(32,36-17-8-6-5-7-9-17)33-13-22(23,16(4)29)35-19(12-28)27-11-10-18(24)25-21(27)31/h5-11,14-16,19,28-29H,12-13H2,1-4H3,(H,26,32)(H2,24,25,31)/t15-,16-,19+,22+,37?/m0/s1. The molecule has 0 amide bonds. The van der Waals surface area contributed by atoms with Crippen LogP contribution in [0, 0.1) is 0 Å². The summed E-state index contributed by atoms with van der Waals surface area (Å²) in [5.74, 6) is -3.94. The molecule has 0 aliphatic carbocycles. The molecule has 0 spiro atoms. The number of nitrogens with zero attached hydrogens (tertiary/aromatic N) is 2. The molecule has 0 fully saturated rings. The molecule has 0 saturated heterocycles. The lowest BCUT2D eigenvalue weighted by molar-refractivity contribution is -0.264. The van der Waals surface area contributed by atoms with E-state index in [1.807, 2.05) is 0 Å². The minimum Gasteiger partial charge on any atom is -0.462 e. The predicted octanol–water partition coefficient (Wildman–Crippen LogP) is 1.51. The van der Waals surface area contributed by atoms with Gasteiger partial charge in [0.05, 0.1) is 12.7 Å². The second-order valence-corrected chi connectivity index (χ2v) is 9.97. The van der Waals surface area contributed by atoms with Gasteiger partial charge in [-0.1, -0.05) is 18.2 Å². The zero-order chi connectivity index (χ0) is 27.8. The van der Waals surface area contributed by atoms with E-state index in [4.69, 9.17) is 24.3 Å². The Bertz CT molecular complexity index is 1130. The number of ether oxygens (including phenoxy) is 2. The van der Waals surface area contributed by atoms with E-state index in [1.165, 1.54) is 25.1 Å². The quantitative estimate of drug-likeness (QED) is 0.198. The maximum Gasteiger partial charge on any atom is 0.459 e. The summed E-state index contributed by atoms with van der Waals surface area (Å²) in [6, 6.07) is 7.75. The van der Waals surface area contributed by atoms with Crippen LogP contribution in [0.15, 0.2) is 47.4 Å². The second kappa shape index (κ2) is 13.1. The Morgan fingerprint density at radius 3 is 2.43 bits per heavy atom. The van der Waals surface area contributed by atoms with Gasteiger partial charge >= 0.3 is 19.4 Å². The molecule has 37 heavy (non-hydrogen) atoms. The Labute approximate surface area is 212 Å². The number of alkyl halides is 1. The molecule has 5 atom stereocenters. The molecule has 1 heterocycles. The molecule has 15 heteroatoms. The fraction of sp³-hybridized carbons (Fsp3) is 0.500. The number of anilines is 1. The van der Waals surface area contributed by atoms with Gasteiger partial charge in [0.15, 0.2) is 6.23 Å². The summed E-state index contributed by atoms with van der Waals surface area (Å²) in [4.78, 5) is 27.9. The van der Waals surface area contributed by atoms with E-state index >= 15 is 4.39 Å². The van der Waals surface area contributed by atoms with Crippen LogP contribution < -0.4 is 21.0 Å². The zero-order valence-electron chi connectivity index (χ0n) is 20.8. The SMILES string of the molecule is CC(C)OC(=O)[C@H](C)NP(=O)(OC[C@@](F)(O[C@H](CO)n1ccc(N)nc1=O)[C@H](C)O)Oc1ccccc1. The number of carbonyl (C=O) groups is 1. The van der Waals surface area contributed by atoms with E-state index in [1.54, 1.807) is 32.0 Å². The van der Waals surface area contributed by atoms with E-state index in [9.17, 15) is 24.4 Å². The number of nitrogens with two attached hydrogens (primary N) is 1. The van der Waals surface area contributed by atoms with Crippen LogP contribution in [0.1, 0.15) is 33.9 Å². The molecule has 2 rings (SSSR count). The highest BCUT2D eigenvalue weighted by molar-refractivity contribution is 7.52. The lowest BCUT2D eigenvalue weighted by Crippen LogP contribution is -2.47. The van der Waals surface area contributed by atoms with Crippen molar-refractivity contribution >= 4 is 19.5 Å². The molecule has 13 nitrogen and oxygen atoms in total. The van der Waals surface area contributed by atoms with Crippen LogP contribution in [-0.2, 0) is 23.4 Å². The number of aromatic nitrogens is 2. The van der Waals surface area contributed by atoms with Crippen LogP contribution in [0.3, 0.4) is 0 Å². The summed E-state index contributed by atoms with van der Waals surface area (Å²) < 4.78 is 51.1. The van der Waals surface area contributed by atoms with E-state index in [-0.39, 0.29) is 11.6 Å². The van der Waals surface area contributed by atoms with Crippen molar-refractivity contribution in [2.24, 2.45) is 0 Å². The van der Waals surface area contributed by atoms with Gasteiger partial charge in [-0.25, -0.2) is 13.8 Å². The number of carbonyl (C=O) groups excluding carboxylic acids is 1. The summed E-state index contributed by atoms with van der Waals surface area (Å²) in [7, 11) is -4.51. The topological polar surface area (TPSA) is 184 Å². The lowest BCUT2D eigenvalue weighted by atomic mass is 10.2. The Balaban J connectivity index is 2.30. The van der Waals surface area contributed by atoms with Crippen LogP contribution in [0.25, 0.3) is 0 Å². The van der Waals surface area contributed by atoms with E-state index in [2.05, 4.69) is 10.1 Å². The largest absolute Gasteiger partial charge is 0.462 e. The number of hydrogen-bond acceptors (Lipinski definition) is 11. The number of esters is 1. The molecule has 1 aromatic heterocycles. The summed E-state index contributed by atoms with van der Waals surface area (Å²) in [5, 5.41) is 22.2. The van der Waals surface area contributed by atoms with E-state index in [0.717, 1.165) is 17.7 Å². The molecular formula is C22H32FN4O9P. The van der Waals surface area contributed by atoms with Crippen molar-refractivity contribution in [1.82, 2.24) is 14.6 Å². The minimum atomic E-state index is -4.51. The first-order valence-corrected chi connectivity index (χ1v) is 12.8. The number of aliphatic hydroxyl groups excluding tert-OH is 2. The molecule has 206 valence electrons. The molecule has 1 aromatic carbocycles. The first-order valence-electron chi connectivity index (χ1n) is 11.3. The number of para-hydroxylation sites is 1. The monoisotopic (exact) mass is 546 g/mol. The smallest absolute Gasteiger partial charge is 0.459 e. The highest BCUT2D eigenvalue weighted by atomic mass is 31.2. The van der Waals surface area contributed by atoms with Gasteiger partial charge in [0.25, 0.3) is 5.85 Å². The van der Waals surface area contributed by atoms with Gasteiger partial charge in [-0.15, -0.1) is 0 Å². The van der Waals surface area contributed by atoms with Crippen molar-refractivity contribution in [3.05, 3.63) is 53.1 Å². The maximum atomic E-state index is 15.8. The summed E-state index contributed by atoms with van der Waals surface area (Å²) in [6.07, 6.45) is -2.92. The zero-order valence-corrected chi connectivity index (χ0v) is 21.7. The van der Waals surface area contributed by atoms with E-state index in [0.29, 0.717) is 0 Å². The molecule has 0 radical (unpaired) electrons. The number of nitrogens with one attached hydrogen (secondary N) is 1. The van der Waals surface area contributed by atoms with Crippen molar-refractivity contribution in [3.8, 4) is 5.75 Å². The van der Waals surface area contributed by atoms with Crippen LogP contribution in [0.5, 0.6) is 5.75 Å². The van der Waals surface area contributed by atoms with Gasteiger partial charge in [0.2, 0.25) is 0 Å². The highest BCUT2D eigenvalue weighted by Gasteiger charge is 2.44. The Morgan fingerprint density at radius 1 is 1.24 bits per heavy atom. The van der Waals surface area contributed by atoms with Crippen LogP contribution in [0.2, 0.25) is 0 Å². The summed E-state index contributed by atoms with van der Waals surface area (Å²) >= 11 is 0. The van der Waals surface area contributed by atoms with Gasteiger partial charge in [-0.05, 0) is 45.9 Å². The van der Waals surface area contributed by atoms with Gasteiger partial charge < -0.3 is 29.9 Å². The molecule has 0 saturated carbocycles. The van der Waals surface area contributed by atoms with Crippen molar-refractivity contribution < 1.29 is 42.5 Å². The van der Waals surface area contributed by atoms with Gasteiger partial charge in [0, 0.05) is 6.20 Å². The van der Waals surface area contributed by atoms with Crippen LogP contribution in [0.4, 0.5) is 10.2 Å². The number of nitrogen functional groups attached to an aromatic ring is 1. The summed E-state index contributed by atoms with van der Waals surface area (Å²) in [5.41, 5.74) is 4.49. The number of hydrogen-bond donors (Lipinski definition) is 4. The van der Waals surface area contributed by atoms with Crippen molar-refractivity contribution in [2.45, 2.75) is 58.0 Å². The first kappa shape index (κ1) is 30.4. The molecule has 0 aliphatic heterocycles. The maximum absolute atomic E-state index is 15.8. The fourth-order valence-electron chi connectivity index (χ4n) is 2.81. The molecular weight excluding hydrogens is 514 g/mol. The van der Waals surface area contributed by atoms with Crippen molar-refractivity contribution in [3.63, 3.8) is 0 Å². The highest BCUT2D eigenvalue weighted by Crippen LogP contribution is 2.46. The normalized spacial score (nSPS) is 17.3. The third kappa shape index (κ3) is 8.88. The second-order valence-electron chi connectivity index (χ2n) is 8.27. The van der Waals surface area contributed by atoms with Crippen molar-refractivity contribution in [2.75, 3.05) is 18.9 Å². The van der Waals surface area contributed by atoms with Gasteiger partial charge in [-0.3, -0.25) is 13.9 Å². The van der Waals surface area contributed by atoms with Crippen LogP contribution in [-0.4, -0.2) is 63.1 Å². The molecule has 0 bridgehead atoms. The molecule has 2 aromatic rings. The third-order valence-corrected chi connectivity index (χ3v) is 6.35. The lowest BCUT2D eigenvalue weighted by Gasteiger charge is -2.33. The average molecular weight is 546 g/mol. The molecule has 5 N–H and O–H groups in total. The molecule has 0 aliphatic rings. The Hall–Kier alpha value is -2.87. The van der Waals surface area contributed by atoms with E-state index < -0.39 is 63.0 Å². The third-order valence-electron chi connectivity index (χ3n) is 4.73. The van der Waals surface area contributed by atoms with Crippen LogP contribution >= 0.6 is 7.75 Å². The van der Waals surface area contributed by atoms with Crippen molar-refractivity contribution in [1.29, 1.82) is 0 Å². The number of rotatable bonds is 14. The predicted molar refractivity (Wildman–Crippen MR) is 130 cm³/mol. The Morgan fingerprint density at radius 2 is 1.89 bits per heavy atom. The average Bonchev–Trinajstić information content (AvgIpc) is 2.81. The van der Waals surface area contributed by atoms with Gasteiger partial charge in [0.1, 0.15) is 30.3 Å². The molecule has 1 unspecified atom stereocenters. The van der Waals surface area contributed by atoms with Gasteiger partial charge in [-0.2, -0.15) is 10.1 Å². The minimum absolute atomic E-state index is 0.0675. The fourth-order valence-corrected chi connectivity index (χ4v) is 4.32.